The maximum Gasteiger partial charge on any atom is 0.326 e. The summed E-state index contributed by atoms with van der Waals surface area (Å²) >= 11 is 4.19. The van der Waals surface area contributed by atoms with Crippen molar-refractivity contribution in [1.82, 2.24) is 26.6 Å². The molecule has 0 spiro atoms. The molecule has 0 aliphatic heterocycles. The van der Waals surface area contributed by atoms with Crippen LogP contribution in [-0.4, -0.2) is 107 Å². The Labute approximate surface area is 291 Å². The van der Waals surface area contributed by atoms with E-state index in [0.29, 0.717) is 18.4 Å². The van der Waals surface area contributed by atoms with Crippen molar-refractivity contribution < 1.29 is 39.0 Å². The highest BCUT2D eigenvalue weighted by atomic mass is 32.1. The van der Waals surface area contributed by atoms with Crippen molar-refractivity contribution in [2.75, 3.05) is 25.4 Å². The van der Waals surface area contributed by atoms with Gasteiger partial charge < -0.3 is 59.7 Å². The summed E-state index contributed by atoms with van der Waals surface area (Å²) in [7, 11) is 0. The van der Waals surface area contributed by atoms with Crippen molar-refractivity contribution in [3.63, 3.8) is 0 Å². The van der Waals surface area contributed by atoms with E-state index in [1.54, 1.807) is 6.92 Å². The lowest BCUT2D eigenvalue weighted by molar-refractivity contribution is -0.142. The smallest absolute Gasteiger partial charge is 0.326 e. The van der Waals surface area contributed by atoms with E-state index >= 15 is 0 Å². The fourth-order valence-corrected chi connectivity index (χ4v) is 4.90. The molecular weight excluding hydrogens is 658 g/mol. The SMILES string of the molecule is CC[C@H](C)[C@H](NC(=O)[C@@H](N)CCN)C(=O)N[C@@H](CS)C(=O)N[C@@H](CCN)C(=O)N[C@@H](CCCN)C(=O)N[C@@H](Cc1ccc(O)cc1)C(=O)O. The number of hydrogen-bond donors (Lipinski definition) is 12. The zero-order valence-electron chi connectivity index (χ0n) is 28.0. The van der Waals surface area contributed by atoms with Crippen molar-refractivity contribution in [2.45, 2.75) is 88.6 Å². The second kappa shape index (κ2) is 22.6. The minimum absolute atomic E-state index is 0.00513. The van der Waals surface area contributed by atoms with Gasteiger partial charge in [0.2, 0.25) is 29.5 Å². The molecule has 0 bridgehead atoms. The summed E-state index contributed by atoms with van der Waals surface area (Å²) in [5, 5.41) is 32.0. The van der Waals surface area contributed by atoms with Gasteiger partial charge in [-0.05, 0) is 68.9 Å². The van der Waals surface area contributed by atoms with E-state index in [1.807, 2.05) is 6.92 Å². The zero-order valence-corrected chi connectivity index (χ0v) is 28.9. The standard InChI is InChI=1S/C31H53N9O8S/c1-3-17(2)25(40-26(42)20(35)10-13-33)30(46)39-24(16-49)29(45)37-22(11-14-34)28(44)36-21(5-4-12-32)27(43)38-23(31(47)48)15-18-6-8-19(41)9-7-18/h6-9,17,20-25,41,49H,3-5,10-16,32-35H2,1-2H3,(H,36,44)(H,37,45)(H,38,43)(H,39,46)(H,40,42)(H,47,48)/t17-,20-,21-,22-,23-,24-,25-/m0/s1. The van der Waals surface area contributed by atoms with Crippen molar-refractivity contribution in [3.05, 3.63) is 29.8 Å². The van der Waals surface area contributed by atoms with Crippen molar-refractivity contribution in [2.24, 2.45) is 28.9 Å². The molecule has 276 valence electrons. The lowest BCUT2D eigenvalue weighted by Gasteiger charge is -2.28. The first-order chi connectivity index (χ1) is 23.2. The van der Waals surface area contributed by atoms with Gasteiger partial charge in [0.15, 0.2) is 0 Å². The molecule has 18 heteroatoms. The van der Waals surface area contributed by atoms with E-state index < -0.39 is 71.8 Å². The van der Waals surface area contributed by atoms with Crippen molar-refractivity contribution >= 4 is 48.1 Å². The van der Waals surface area contributed by atoms with Crippen LogP contribution in [-0.2, 0) is 35.2 Å². The molecule has 1 aromatic carbocycles. The normalized spacial score (nSPS) is 15.3. The molecule has 0 aliphatic carbocycles. The molecule has 15 N–H and O–H groups in total. The highest BCUT2D eigenvalue weighted by Crippen LogP contribution is 2.13. The number of carboxylic acid groups (broad SMARTS) is 1. The molecule has 1 aromatic rings. The lowest BCUT2D eigenvalue weighted by Crippen LogP contribution is -2.60. The summed E-state index contributed by atoms with van der Waals surface area (Å²) < 4.78 is 0. The summed E-state index contributed by atoms with van der Waals surface area (Å²) in [6.45, 7) is 3.90. The Morgan fingerprint density at radius 2 is 1.22 bits per heavy atom. The van der Waals surface area contributed by atoms with Gasteiger partial charge in [-0.15, -0.1) is 0 Å². The Morgan fingerprint density at radius 1 is 0.714 bits per heavy atom. The molecule has 0 saturated heterocycles. The number of rotatable bonds is 23. The largest absolute Gasteiger partial charge is 0.508 e. The van der Waals surface area contributed by atoms with Gasteiger partial charge in [0, 0.05) is 12.2 Å². The predicted molar refractivity (Wildman–Crippen MR) is 186 cm³/mol. The third-order valence-electron chi connectivity index (χ3n) is 7.83. The van der Waals surface area contributed by atoms with E-state index in [2.05, 4.69) is 39.2 Å². The number of amides is 5. The number of phenols is 1. The molecule has 49 heavy (non-hydrogen) atoms. The number of phenolic OH excluding ortho intramolecular Hbond substituents is 1. The number of benzene rings is 1. The van der Waals surface area contributed by atoms with Crippen molar-refractivity contribution in [1.29, 1.82) is 0 Å². The van der Waals surface area contributed by atoms with Gasteiger partial charge in [-0.25, -0.2) is 4.79 Å². The Hall–Kier alpha value is -3.97. The second-order valence-corrected chi connectivity index (χ2v) is 12.1. The minimum atomic E-state index is -1.35. The van der Waals surface area contributed by atoms with Crippen LogP contribution >= 0.6 is 12.6 Å². The van der Waals surface area contributed by atoms with Crippen LogP contribution in [0, 0.1) is 5.92 Å². The molecular formula is C31H53N9O8S. The average molecular weight is 712 g/mol. The van der Waals surface area contributed by atoms with E-state index in [9.17, 15) is 39.0 Å². The summed E-state index contributed by atoms with van der Waals surface area (Å²) in [6.07, 6.45) is 0.963. The number of aliphatic carboxylic acids is 1. The average Bonchev–Trinajstić information content (AvgIpc) is 3.07. The topological polar surface area (TPSA) is 307 Å². The van der Waals surface area contributed by atoms with Gasteiger partial charge in [0.25, 0.3) is 0 Å². The molecule has 5 amide bonds. The highest BCUT2D eigenvalue weighted by Gasteiger charge is 2.33. The van der Waals surface area contributed by atoms with E-state index in [0.717, 1.165) is 0 Å². The van der Waals surface area contributed by atoms with E-state index in [-0.39, 0.29) is 62.7 Å². The van der Waals surface area contributed by atoms with Gasteiger partial charge >= 0.3 is 5.97 Å². The number of thiol groups is 1. The summed E-state index contributed by atoms with van der Waals surface area (Å²) in [4.78, 5) is 77.7. The first-order valence-electron chi connectivity index (χ1n) is 16.2. The fourth-order valence-electron chi connectivity index (χ4n) is 4.64. The van der Waals surface area contributed by atoms with E-state index in [4.69, 9.17) is 22.9 Å². The fraction of sp³-hybridized carbons (Fsp3) is 0.613. The maximum atomic E-state index is 13.4. The third-order valence-corrected chi connectivity index (χ3v) is 8.20. The number of nitrogens with two attached hydrogens (primary N) is 4. The van der Waals surface area contributed by atoms with Crippen molar-refractivity contribution in [3.8, 4) is 5.75 Å². The van der Waals surface area contributed by atoms with Crippen LogP contribution in [0.1, 0.15) is 51.5 Å². The van der Waals surface area contributed by atoms with Gasteiger partial charge in [-0.3, -0.25) is 24.0 Å². The number of hydrogen-bond acceptors (Lipinski definition) is 12. The van der Waals surface area contributed by atoms with Crippen LogP contribution in [0.15, 0.2) is 24.3 Å². The van der Waals surface area contributed by atoms with Crippen LogP contribution in [0.2, 0.25) is 0 Å². The second-order valence-electron chi connectivity index (χ2n) is 11.7. The summed E-state index contributed by atoms with van der Waals surface area (Å²) in [6, 6.07) is -1.16. The first-order valence-corrected chi connectivity index (χ1v) is 16.8. The van der Waals surface area contributed by atoms with Crippen LogP contribution in [0.4, 0.5) is 0 Å². The maximum absolute atomic E-state index is 13.4. The lowest BCUT2D eigenvalue weighted by atomic mass is 9.97. The molecule has 0 unspecified atom stereocenters. The molecule has 17 nitrogen and oxygen atoms in total. The minimum Gasteiger partial charge on any atom is -0.508 e. The van der Waals surface area contributed by atoms with Crippen LogP contribution < -0.4 is 49.5 Å². The number of carbonyl (C=O) groups excluding carboxylic acids is 5. The number of carboxylic acids is 1. The van der Waals surface area contributed by atoms with Crippen LogP contribution in [0.25, 0.3) is 0 Å². The van der Waals surface area contributed by atoms with Crippen LogP contribution in [0.3, 0.4) is 0 Å². The molecule has 0 fully saturated rings. The molecule has 0 aliphatic rings. The molecule has 0 saturated carbocycles. The Bertz CT molecular complexity index is 1240. The molecule has 0 heterocycles. The summed E-state index contributed by atoms with van der Waals surface area (Å²) in [5.74, 6) is -5.36. The number of carbonyl (C=O) groups is 6. The molecule has 1 rings (SSSR count). The van der Waals surface area contributed by atoms with Crippen LogP contribution in [0.5, 0.6) is 5.75 Å². The third kappa shape index (κ3) is 15.0. The Balaban J connectivity index is 3.06. The zero-order chi connectivity index (χ0) is 37.1. The Kier molecular flexibility index (Phi) is 19.9. The molecule has 0 aromatic heterocycles. The van der Waals surface area contributed by atoms with Gasteiger partial charge in [0.05, 0.1) is 6.04 Å². The quantitative estimate of drug-likeness (QED) is 0.0512. The predicted octanol–water partition coefficient (Wildman–Crippen LogP) is -2.82. The number of nitrogens with one attached hydrogen (secondary N) is 5. The molecule has 7 atom stereocenters. The van der Waals surface area contributed by atoms with Gasteiger partial charge in [-0.1, -0.05) is 32.4 Å². The van der Waals surface area contributed by atoms with Gasteiger partial charge in [0.1, 0.15) is 36.0 Å². The summed E-state index contributed by atoms with van der Waals surface area (Å²) in [5.41, 5.74) is 23.2. The number of aromatic hydroxyl groups is 1. The monoisotopic (exact) mass is 711 g/mol. The van der Waals surface area contributed by atoms with Gasteiger partial charge in [-0.2, -0.15) is 12.6 Å². The highest BCUT2D eigenvalue weighted by molar-refractivity contribution is 7.80. The Morgan fingerprint density at radius 3 is 1.71 bits per heavy atom. The first kappa shape index (κ1) is 43.1. The van der Waals surface area contributed by atoms with E-state index in [1.165, 1.54) is 24.3 Å². The molecule has 0 radical (unpaired) electrons.